The largest absolute Gasteiger partial charge is 0.404 e. The summed E-state index contributed by atoms with van der Waals surface area (Å²) in [5.41, 5.74) is 0.857. The van der Waals surface area contributed by atoms with Crippen molar-refractivity contribution in [2.24, 2.45) is 4.99 Å². The van der Waals surface area contributed by atoms with Gasteiger partial charge in [-0.15, -0.1) is 4.99 Å². The molecule has 0 spiro atoms. The Kier molecular flexibility index (Phi) is 1.32. The molecular formula is C7H5N3O2. The van der Waals surface area contributed by atoms with Gasteiger partial charge in [-0.1, -0.05) is 0 Å². The van der Waals surface area contributed by atoms with Gasteiger partial charge in [0, 0.05) is 6.20 Å². The first-order chi connectivity index (χ1) is 5.79. The summed E-state index contributed by atoms with van der Waals surface area (Å²) in [5, 5.41) is 0. The van der Waals surface area contributed by atoms with Crippen molar-refractivity contribution in [1.29, 1.82) is 0 Å². The van der Waals surface area contributed by atoms with Crippen molar-refractivity contribution in [2.45, 2.75) is 6.92 Å². The van der Waals surface area contributed by atoms with Crippen LogP contribution in [0.4, 0.5) is 5.88 Å². The van der Waals surface area contributed by atoms with Gasteiger partial charge in [0.1, 0.15) is 0 Å². The molecule has 2 aromatic heterocycles. The second-order valence-electron chi connectivity index (χ2n) is 2.34. The van der Waals surface area contributed by atoms with Crippen molar-refractivity contribution < 1.29 is 9.21 Å². The highest BCUT2D eigenvalue weighted by atomic mass is 16.4. The number of nitrogens with zero attached hydrogens (tertiary/aromatic N) is 3. The minimum atomic E-state index is 0.215. The molecule has 2 rings (SSSR count). The third kappa shape index (κ3) is 0.926. The fourth-order valence-corrected chi connectivity index (χ4v) is 0.998. The van der Waals surface area contributed by atoms with Gasteiger partial charge in [-0.05, 0) is 6.92 Å². The van der Waals surface area contributed by atoms with E-state index in [1.165, 1.54) is 6.08 Å². The highest BCUT2D eigenvalue weighted by Gasteiger charge is 2.03. The van der Waals surface area contributed by atoms with Gasteiger partial charge in [-0.25, -0.2) is 4.79 Å². The maximum absolute atomic E-state index is 9.86. The first-order valence-corrected chi connectivity index (χ1v) is 3.32. The van der Waals surface area contributed by atoms with Gasteiger partial charge >= 0.3 is 5.84 Å². The van der Waals surface area contributed by atoms with Gasteiger partial charge < -0.3 is 4.42 Å². The van der Waals surface area contributed by atoms with Crippen LogP contribution in [0.5, 0.6) is 0 Å². The minimum absolute atomic E-state index is 0.215. The van der Waals surface area contributed by atoms with E-state index in [0.29, 0.717) is 5.84 Å². The summed E-state index contributed by atoms with van der Waals surface area (Å²) in [6, 6.07) is 0. The lowest BCUT2D eigenvalue weighted by Gasteiger charge is -1.75. The fraction of sp³-hybridized carbons (Fsp3) is 0.143. The quantitative estimate of drug-likeness (QED) is 0.468. The summed E-state index contributed by atoms with van der Waals surface area (Å²) in [7, 11) is 0. The van der Waals surface area contributed by atoms with E-state index in [-0.39, 0.29) is 5.88 Å². The molecule has 0 N–H and O–H groups in total. The van der Waals surface area contributed by atoms with Crippen LogP contribution >= 0.6 is 0 Å². The van der Waals surface area contributed by atoms with Crippen molar-refractivity contribution in [1.82, 2.24) is 9.38 Å². The number of carbonyl (C=O) groups excluding carboxylic acids is 1. The Hall–Kier alpha value is -1.87. The molecule has 2 heterocycles. The minimum Gasteiger partial charge on any atom is -0.404 e. The molecule has 0 unspecified atom stereocenters. The molecule has 0 atom stereocenters. The molecule has 60 valence electrons. The molecule has 0 amide bonds. The lowest BCUT2D eigenvalue weighted by atomic mass is 10.6. The number of hydrogen-bond acceptors (Lipinski definition) is 4. The molecule has 0 aromatic carbocycles. The lowest BCUT2D eigenvalue weighted by Crippen LogP contribution is -1.67. The van der Waals surface area contributed by atoms with Crippen molar-refractivity contribution in [3.05, 3.63) is 18.1 Å². The average Bonchev–Trinajstić information content (AvgIpc) is 2.44. The third-order valence-corrected chi connectivity index (χ3v) is 1.42. The van der Waals surface area contributed by atoms with E-state index in [1.807, 2.05) is 6.92 Å². The highest BCUT2D eigenvalue weighted by molar-refractivity contribution is 5.44. The van der Waals surface area contributed by atoms with E-state index >= 15 is 0 Å². The molecule has 5 nitrogen and oxygen atoms in total. The number of aryl methyl sites for hydroxylation is 1. The second-order valence-corrected chi connectivity index (χ2v) is 2.34. The van der Waals surface area contributed by atoms with Crippen LogP contribution in [0.25, 0.3) is 5.84 Å². The predicted molar refractivity (Wildman–Crippen MR) is 40.0 cm³/mol. The Morgan fingerprint density at radius 1 is 1.67 bits per heavy atom. The Balaban J connectivity index is 2.64. The fourth-order valence-electron chi connectivity index (χ4n) is 0.998. The number of isocyanates is 1. The van der Waals surface area contributed by atoms with E-state index < -0.39 is 0 Å². The molecule has 0 saturated heterocycles. The van der Waals surface area contributed by atoms with Crippen molar-refractivity contribution in [3.63, 3.8) is 0 Å². The maximum Gasteiger partial charge on any atom is 0.307 e. The van der Waals surface area contributed by atoms with Crippen LogP contribution < -0.4 is 0 Å². The Bertz CT molecular complexity index is 430. The Labute approximate surface area is 67.4 Å². The van der Waals surface area contributed by atoms with Crippen LogP contribution in [0.1, 0.15) is 5.69 Å². The average molecular weight is 163 g/mol. The SMILES string of the molecule is Cc1cn2cc(N=C=O)oc2n1. The first-order valence-electron chi connectivity index (χ1n) is 3.32. The zero-order chi connectivity index (χ0) is 8.55. The topological polar surface area (TPSA) is 59.9 Å². The van der Waals surface area contributed by atoms with Gasteiger partial charge in [-0.2, -0.15) is 4.98 Å². The first kappa shape index (κ1) is 6.82. The molecule has 0 bridgehead atoms. The predicted octanol–water partition coefficient (Wildman–Crippen LogP) is 1.20. The zero-order valence-electron chi connectivity index (χ0n) is 6.31. The number of rotatable bonds is 1. The zero-order valence-corrected chi connectivity index (χ0v) is 6.31. The van der Waals surface area contributed by atoms with Crippen LogP contribution in [0.15, 0.2) is 21.8 Å². The summed E-state index contributed by atoms with van der Waals surface area (Å²) in [4.78, 5) is 17.2. The number of aromatic nitrogens is 2. The van der Waals surface area contributed by atoms with Gasteiger partial charge in [0.15, 0.2) is 0 Å². The standard InChI is InChI=1S/C7H5N3O2/c1-5-2-10-3-6(8-4-11)12-7(10)9-5/h2-3H,1H3. The number of imidazole rings is 1. The monoisotopic (exact) mass is 163 g/mol. The molecule has 0 saturated carbocycles. The summed E-state index contributed by atoms with van der Waals surface area (Å²) in [6.45, 7) is 1.85. The molecule has 0 aliphatic carbocycles. The summed E-state index contributed by atoms with van der Waals surface area (Å²) in [5.74, 6) is 0.647. The number of fused-ring (bicyclic) bond motifs is 1. The van der Waals surface area contributed by atoms with Crippen LogP contribution in [-0.2, 0) is 4.79 Å². The lowest BCUT2D eigenvalue weighted by molar-refractivity contribution is 0.560. The van der Waals surface area contributed by atoms with Gasteiger partial charge in [0.2, 0.25) is 6.08 Å². The van der Waals surface area contributed by atoms with E-state index in [9.17, 15) is 4.79 Å². The van der Waals surface area contributed by atoms with Crippen LogP contribution in [0.2, 0.25) is 0 Å². The molecule has 12 heavy (non-hydrogen) atoms. The third-order valence-electron chi connectivity index (χ3n) is 1.42. The molecule has 0 aliphatic heterocycles. The highest BCUT2D eigenvalue weighted by Crippen LogP contribution is 2.16. The van der Waals surface area contributed by atoms with Crippen LogP contribution in [0, 0.1) is 6.92 Å². The summed E-state index contributed by atoms with van der Waals surface area (Å²) >= 11 is 0. The molecule has 2 aromatic rings. The van der Waals surface area contributed by atoms with E-state index in [1.54, 1.807) is 16.8 Å². The van der Waals surface area contributed by atoms with E-state index in [2.05, 4.69) is 9.98 Å². The molecular weight excluding hydrogens is 158 g/mol. The Morgan fingerprint density at radius 2 is 2.50 bits per heavy atom. The van der Waals surface area contributed by atoms with Crippen molar-refractivity contribution >= 4 is 17.8 Å². The van der Waals surface area contributed by atoms with E-state index in [0.717, 1.165) is 5.69 Å². The van der Waals surface area contributed by atoms with E-state index in [4.69, 9.17) is 4.42 Å². The second kappa shape index (κ2) is 2.32. The van der Waals surface area contributed by atoms with Gasteiger partial charge in [-0.3, -0.25) is 4.40 Å². The molecule has 5 heteroatoms. The van der Waals surface area contributed by atoms with Gasteiger partial charge in [0.25, 0.3) is 5.88 Å². The van der Waals surface area contributed by atoms with Crippen molar-refractivity contribution in [3.8, 4) is 0 Å². The van der Waals surface area contributed by atoms with Crippen LogP contribution in [-0.4, -0.2) is 15.5 Å². The van der Waals surface area contributed by atoms with Gasteiger partial charge in [0.05, 0.1) is 11.9 Å². The normalized spacial score (nSPS) is 10.1. The summed E-state index contributed by atoms with van der Waals surface area (Å²) in [6.07, 6.45) is 4.74. The van der Waals surface area contributed by atoms with Crippen LogP contribution in [0.3, 0.4) is 0 Å². The Morgan fingerprint density at radius 3 is 3.17 bits per heavy atom. The molecule has 0 radical (unpaired) electrons. The number of hydrogen-bond donors (Lipinski definition) is 0. The number of aliphatic imine (C=N–C) groups is 1. The molecule has 0 aliphatic rings. The molecule has 0 fully saturated rings. The number of oxazole rings is 1. The smallest absolute Gasteiger partial charge is 0.307 e. The summed E-state index contributed by atoms with van der Waals surface area (Å²) < 4.78 is 6.71. The van der Waals surface area contributed by atoms with Crippen molar-refractivity contribution in [2.75, 3.05) is 0 Å². The maximum atomic E-state index is 9.86.